The molecule has 0 aliphatic carbocycles. The lowest BCUT2D eigenvalue weighted by Crippen LogP contribution is -2.42. The molecule has 1 heterocycles. The molecule has 1 amide bonds. The zero-order valence-corrected chi connectivity index (χ0v) is 18.2. The number of unbranched alkanes of at least 4 members (excludes halogenated alkanes) is 12. The molecule has 0 bridgehead atoms. The van der Waals surface area contributed by atoms with Crippen LogP contribution in [0.4, 0.5) is 0 Å². The van der Waals surface area contributed by atoms with Crippen molar-refractivity contribution in [3.63, 3.8) is 0 Å². The van der Waals surface area contributed by atoms with Gasteiger partial charge in [0.05, 0.1) is 0 Å². The second kappa shape index (κ2) is 17.5. The molecule has 1 rings (SSSR count). The second-order valence-corrected chi connectivity index (χ2v) is 8.44. The number of hydrogen-bond donors (Lipinski definition) is 2. The molecule has 0 aromatic rings. The molecule has 0 atom stereocenters. The number of likely N-dealkylation sites (tertiary alicyclic amines) is 1. The maximum absolute atomic E-state index is 12.2. The van der Waals surface area contributed by atoms with Crippen LogP contribution in [0.1, 0.15) is 103 Å². The lowest BCUT2D eigenvalue weighted by molar-refractivity contribution is -0.126. The zero-order valence-electron chi connectivity index (χ0n) is 18.2. The van der Waals surface area contributed by atoms with Crippen molar-refractivity contribution in [1.29, 1.82) is 0 Å². The molecule has 4 nitrogen and oxygen atoms in total. The average Bonchev–Trinajstić information content (AvgIpc) is 2.69. The Morgan fingerprint density at radius 1 is 0.852 bits per heavy atom. The predicted molar refractivity (Wildman–Crippen MR) is 117 cm³/mol. The maximum Gasteiger partial charge on any atom is 0.223 e. The first-order chi connectivity index (χ1) is 13.3. The van der Waals surface area contributed by atoms with Gasteiger partial charge >= 0.3 is 0 Å². The number of hydrogen-bond acceptors (Lipinski definition) is 3. The van der Waals surface area contributed by atoms with Crippen molar-refractivity contribution in [1.82, 2.24) is 10.2 Å². The number of nitrogens with two attached hydrogens (primary N) is 1. The minimum Gasteiger partial charge on any atom is -0.356 e. The number of nitrogens with zero attached hydrogens (tertiary/aromatic N) is 1. The fraction of sp³-hybridized carbons (Fsp3) is 0.957. The van der Waals surface area contributed by atoms with E-state index in [4.69, 9.17) is 5.73 Å². The van der Waals surface area contributed by atoms with Crippen molar-refractivity contribution in [2.75, 3.05) is 32.7 Å². The molecule has 0 aromatic carbocycles. The number of piperidine rings is 1. The molecule has 1 fully saturated rings. The Labute approximate surface area is 169 Å². The molecule has 27 heavy (non-hydrogen) atoms. The monoisotopic (exact) mass is 381 g/mol. The van der Waals surface area contributed by atoms with E-state index in [0.29, 0.717) is 0 Å². The lowest BCUT2D eigenvalue weighted by atomic mass is 9.96. The van der Waals surface area contributed by atoms with Gasteiger partial charge in [-0.05, 0) is 32.4 Å². The summed E-state index contributed by atoms with van der Waals surface area (Å²) in [5, 5.41) is 3.16. The number of amides is 1. The lowest BCUT2D eigenvalue weighted by Gasteiger charge is -2.30. The smallest absolute Gasteiger partial charge is 0.223 e. The molecule has 4 heteroatoms. The van der Waals surface area contributed by atoms with Crippen molar-refractivity contribution in [2.45, 2.75) is 103 Å². The first-order valence-electron chi connectivity index (χ1n) is 12.0. The highest BCUT2D eigenvalue weighted by Crippen LogP contribution is 2.17. The summed E-state index contributed by atoms with van der Waals surface area (Å²) in [6.07, 6.45) is 19.8. The minimum atomic E-state index is 0.223. The van der Waals surface area contributed by atoms with Crippen LogP contribution in [0.25, 0.3) is 0 Å². The fourth-order valence-electron chi connectivity index (χ4n) is 4.10. The maximum atomic E-state index is 12.2. The van der Waals surface area contributed by atoms with Crippen LogP contribution < -0.4 is 11.1 Å². The summed E-state index contributed by atoms with van der Waals surface area (Å²) in [4.78, 5) is 14.6. The predicted octanol–water partition coefficient (Wildman–Crippen LogP) is 4.86. The normalized spacial score (nSPS) is 15.9. The van der Waals surface area contributed by atoms with Crippen molar-refractivity contribution in [2.24, 2.45) is 11.7 Å². The zero-order chi connectivity index (χ0) is 19.6. The molecule has 0 saturated carbocycles. The Kier molecular flexibility index (Phi) is 15.8. The first kappa shape index (κ1) is 24.4. The summed E-state index contributed by atoms with van der Waals surface area (Å²) in [6, 6.07) is 0. The van der Waals surface area contributed by atoms with Gasteiger partial charge in [0, 0.05) is 25.6 Å². The molecule has 1 saturated heterocycles. The van der Waals surface area contributed by atoms with Gasteiger partial charge in [-0.2, -0.15) is 0 Å². The second-order valence-electron chi connectivity index (χ2n) is 8.44. The van der Waals surface area contributed by atoms with E-state index in [2.05, 4.69) is 17.1 Å². The molecule has 1 aliphatic rings. The Bertz CT molecular complexity index is 341. The van der Waals surface area contributed by atoms with Crippen LogP contribution in [0, 0.1) is 5.92 Å². The number of carbonyl (C=O) groups is 1. The molecular weight excluding hydrogens is 334 g/mol. The van der Waals surface area contributed by atoms with Gasteiger partial charge in [-0.3, -0.25) is 4.79 Å². The van der Waals surface area contributed by atoms with Gasteiger partial charge in [0.15, 0.2) is 0 Å². The Balaban J connectivity index is 1.82. The van der Waals surface area contributed by atoms with E-state index >= 15 is 0 Å². The summed E-state index contributed by atoms with van der Waals surface area (Å²) in [5.41, 5.74) is 5.60. The van der Waals surface area contributed by atoms with Gasteiger partial charge in [-0.25, -0.2) is 0 Å². The van der Waals surface area contributed by atoms with Crippen LogP contribution >= 0.6 is 0 Å². The van der Waals surface area contributed by atoms with E-state index in [1.165, 1.54) is 77.0 Å². The van der Waals surface area contributed by atoms with Crippen molar-refractivity contribution >= 4 is 5.91 Å². The van der Waals surface area contributed by atoms with Crippen molar-refractivity contribution in [3.05, 3.63) is 0 Å². The Hall–Kier alpha value is -0.610. The van der Waals surface area contributed by atoms with E-state index in [1.807, 2.05) is 0 Å². The van der Waals surface area contributed by atoms with E-state index < -0.39 is 0 Å². The van der Waals surface area contributed by atoms with Crippen molar-refractivity contribution in [3.8, 4) is 0 Å². The van der Waals surface area contributed by atoms with Crippen LogP contribution in [0.2, 0.25) is 0 Å². The first-order valence-corrected chi connectivity index (χ1v) is 12.0. The number of rotatable bonds is 17. The van der Waals surface area contributed by atoms with Crippen LogP contribution in [-0.2, 0) is 4.79 Å². The van der Waals surface area contributed by atoms with Gasteiger partial charge in [0.2, 0.25) is 5.91 Å². The van der Waals surface area contributed by atoms with Crippen LogP contribution in [0.15, 0.2) is 0 Å². The standard InChI is InChI=1S/C23H47N3O/c1-2-3-4-5-6-7-8-9-10-11-12-13-14-18-25-23(27)22-15-19-26(20-16-22)21-17-24/h22H,2-21,24H2,1H3,(H,25,27). The third-order valence-electron chi connectivity index (χ3n) is 5.98. The van der Waals surface area contributed by atoms with E-state index in [0.717, 1.165) is 52.0 Å². The van der Waals surface area contributed by atoms with Gasteiger partial charge in [0.1, 0.15) is 0 Å². The number of nitrogens with one attached hydrogen (secondary N) is 1. The van der Waals surface area contributed by atoms with E-state index in [9.17, 15) is 4.79 Å². The van der Waals surface area contributed by atoms with Gasteiger partial charge in [0.25, 0.3) is 0 Å². The third-order valence-corrected chi connectivity index (χ3v) is 5.98. The fourth-order valence-corrected chi connectivity index (χ4v) is 4.10. The van der Waals surface area contributed by atoms with Gasteiger partial charge < -0.3 is 16.0 Å². The molecule has 0 radical (unpaired) electrons. The highest BCUT2D eigenvalue weighted by molar-refractivity contribution is 5.78. The Morgan fingerprint density at radius 2 is 1.33 bits per heavy atom. The number of carbonyl (C=O) groups excluding carboxylic acids is 1. The van der Waals surface area contributed by atoms with E-state index in [-0.39, 0.29) is 11.8 Å². The summed E-state index contributed by atoms with van der Waals surface area (Å²) in [6.45, 7) is 6.87. The van der Waals surface area contributed by atoms with Gasteiger partial charge in [-0.1, -0.05) is 84.0 Å². The SMILES string of the molecule is CCCCCCCCCCCCCCCNC(=O)C1CCN(CCN)CC1. The quantitative estimate of drug-likeness (QED) is 0.354. The topological polar surface area (TPSA) is 58.4 Å². The molecular formula is C23H47N3O. The van der Waals surface area contributed by atoms with Crippen molar-refractivity contribution < 1.29 is 4.79 Å². The molecule has 3 N–H and O–H groups in total. The highest BCUT2D eigenvalue weighted by Gasteiger charge is 2.23. The molecule has 0 spiro atoms. The van der Waals surface area contributed by atoms with Crippen LogP contribution in [0.5, 0.6) is 0 Å². The summed E-state index contributed by atoms with van der Waals surface area (Å²) < 4.78 is 0. The largest absolute Gasteiger partial charge is 0.356 e. The molecule has 160 valence electrons. The Morgan fingerprint density at radius 3 is 1.81 bits per heavy atom. The van der Waals surface area contributed by atoms with Gasteiger partial charge in [-0.15, -0.1) is 0 Å². The van der Waals surface area contributed by atoms with E-state index in [1.54, 1.807) is 0 Å². The molecule has 0 unspecified atom stereocenters. The third kappa shape index (κ3) is 13.2. The average molecular weight is 382 g/mol. The summed E-state index contributed by atoms with van der Waals surface area (Å²) >= 11 is 0. The highest BCUT2D eigenvalue weighted by atomic mass is 16.1. The minimum absolute atomic E-state index is 0.223. The van der Waals surface area contributed by atoms with Crippen LogP contribution in [0.3, 0.4) is 0 Å². The summed E-state index contributed by atoms with van der Waals surface area (Å²) in [5.74, 6) is 0.502. The summed E-state index contributed by atoms with van der Waals surface area (Å²) in [7, 11) is 0. The van der Waals surface area contributed by atoms with Crippen LogP contribution in [-0.4, -0.2) is 43.5 Å². The molecule has 0 aromatic heterocycles. The molecule has 1 aliphatic heterocycles.